The number of halogens is 2. The maximum atomic E-state index is 13.5. The standard InChI is InChI=1S/C14H16F2N2O2/c1-8-6-18-14(20-8)9(2)17-7-12(19)13-10(15)4-3-5-11(13)16/h3-6,9,12,17,19H,7H2,1-2H3. The number of hydrogen-bond acceptors (Lipinski definition) is 4. The average molecular weight is 282 g/mol. The largest absolute Gasteiger partial charge is 0.444 e. The molecule has 0 saturated heterocycles. The van der Waals surface area contributed by atoms with Gasteiger partial charge in [0.2, 0.25) is 5.89 Å². The molecule has 0 amide bonds. The molecular weight excluding hydrogens is 266 g/mol. The number of rotatable bonds is 5. The molecule has 2 atom stereocenters. The summed E-state index contributed by atoms with van der Waals surface area (Å²) in [5.74, 6) is -0.393. The van der Waals surface area contributed by atoms with Crippen molar-refractivity contribution < 1.29 is 18.3 Å². The molecule has 0 fully saturated rings. The van der Waals surface area contributed by atoms with Gasteiger partial charge in [0, 0.05) is 6.54 Å². The lowest BCUT2D eigenvalue weighted by atomic mass is 10.1. The fraction of sp³-hybridized carbons (Fsp3) is 0.357. The molecule has 0 radical (unpaired) electrons. The van der Waals surface area contributed by atoms with Crippen LogP contribution in [0.3, 0.4) is 0 Å². The zero-order valence-electron chi connectivity index (χ0n) is 11.2. The van der Waals surface area contributed by atoms with Crippen molar-refractivity contribution in [3.63, 3.8) is 0 Å². The van der Waals surface area contributed by atoms with Gasteiger partial charge in [0.1, 0.15) is 17.4 Å². The molecule has 6 heteroatoms. The first-order valence-corrected chi connectivity index (χ1v) is 6.26. The summed E-state index contributed by atoms with van der Waals surface area (Å²) in [6.07, 6.45) is 0.301. The summed E-state index contributed by atoms with van der Waals surface area (Å²) in [6.45, 7) is 3.54. The molecule has 2 rings (SSSR count). The molecule has 0 bridgehead atoms. The maximum Gasteiger partial charge on any atom is 0.211 e. The summed E-state index contributed by atoms with van der Waals surface area (Å²) in [7, 11) is 0. The van der Waals surface area contributed by atoms with Crippen LogP contribution in [0.25, 0.3) is 0 Å². The molecule has 20 heavy (non-hydrogen) atoms. The Labute approximate surface area is 115 Å². The molecule has 2 N–H and O–H groups in total. The monoisotopic (exact) mass is 282 g/mol. The van der Waals surface area contributed by atoms with Gasteiger partial charge >= 0.3 is 0 Å². The lowest BCUT2D eigenvalue weighted by Crippen LogP contribution is -2.25. The Morgan fingerprint density at radius 2 is 2.00 bits per heavy atom. The van der Waals surface area contributed by atoms with Crippen molar-refractivity contribution in [2.24, 2.45) is 0 Å². The molecule has 0 saturated carbocycles. The molecular formula is C14H16F2N2O2. The van der Waals surface area contributed by atoms with Crippen LogP contribution < -0.4 is 5.32 Å². The summed E-state index contributed by atoms with van der Waals surface area (Å²) < 4.78 is 32.3. The number of aliphatic hydroxyl groups excluding tert-OH is 1. The van der Waals surface area contributed by atoms with E-state index >= 15 is 0 Å². The van der Waals surface area contributed by atoms with Gasteiger partial charge < -0.3 is 14.8 Å². The minimum absolute atomic E-state index is 0.0134. The fourth-order valence-corrected chi connectivity index (χ4v) is 1.88. The van der Waals surface area contributed by atoms with E-state index in [2.05, 4.69) is 10.3 Å². The quantitative estimate of drug-likeness (QED) is 0.885. The fourth-order valence-electron chi connectivity index (χ4n) is 1.88. The van der Waals surface area contributed by atoms with E-state index in [0.717, 1.165) is 12.1 Å². The molecule has 0 spiro atoms. The van der Waals surface area contributed by atoms with E-state index in [4.69, 9.17) is 4.42 Å². The molecule has 1 aromatic heterocycles. The minimum Gasteiger partial charge on any atom is -0.444 e. The van der Waals surface area contributed by atoms with Crippen LogP contribution in [0, 0.1) is 18.6 Å². The number of aryl methyl sites for hydroxylation is 1. The normalized spacial score (nSPS) is 14.2. The van der Waals surface area contributed by atoms with E-state index in [-0.39, 0.29) is 18.2 Å². The Bertz CT molecular complexity index is 566. The van der Waals surface area contributed by atoms with Crippen LogP contribution in [0.5, 0.6) is 0 Å². The van der Waals surface area contributed by atoms with Crippen molar-refractivity contribution in [2.45, 2.75) is 26.0 Å². The molecule has 108 valence electrons. The van der Waals surface area contributed by atoms with E-state index < -0.39 is 17.7 Å². The summed E-state index contributed by atoms with van der Waals surface area (Å²) in [4.78, 5) is 4.04. The van der Waals surface area contributed by atoms with E-state index in [0.29, 0.717) is 11.7 Å². The molecule has 2 aromatic rings. The Morgan fingerprint density at radius 1 is 1.35 bits per heavy atom. The van der Waals surface area contributed by atoms with Gasteiger partial charge in [-0.15, -0.1) is 0 Å². The van der Waals surface area contributed by atoms with Crippen molar-refractivity contribution >= 4 is 0 Å². The van der Waals surface area contributed by atoms with E-state index in [9.17, 15) is 13.9 Å². The SMILES string of the molecule is Cc1cnc(C(C)NCC(O)c2c(F)cccc2F)o1. The zero-order chi connectivity index (χ0) is 14.7. The van der Waals surface area contributed by atoms with Crippen LogP contribution in [-0.2, 0) is 0 Å². The Balaban J connectivity index is 2.00. The van der Waals surface area contributed by atoms with E-state index in [1.807, 2.05) is 0 Å². The van der Waals surface area contributed by atoms with Gasteiger partial charge in [-0.05, 0) is 26.0 Å². The number of oxazole rings is 1. The maximum absolute atomic E-state index is 13.5. The van der Waals surface area contributed by atoms with E-state index in [1.54, 1.807) is 20.0 Å². The van der Waals surface area contributed by atoms with Crippen LogP contribution >= 0.6 is 0 Å². The number of benzene rings is 1. The van der Waals surface area contributed by atoms with Crippen LogP contribution in [-0.4, -0.2) is 16.6 Å². The molecule has 0 aliphatic heterocycles. The topological polar surface area (TPSA) is 58.3 Å². The Morgan fingerprint density at radius 3 is 2.55 bits per heavy atom. The molecule has 0 aliphatic rings. The third kappa shape index (κ3) is 3.20. The third-order valence-corrected chi connectivity index (χ3v) is 2.96. The van der Waals surface area contributed by atoms with Gasteiger partial charge in [-0.3, -0.25) is 0 Å². The molecule has 1 heterocycles. The predicted octanol–water partition coefficient (Wildman–Crippen LogP) is 2.65. The molecule has 4 nitrogen and oxygen atoms in total. The molecule has 0 aliphatic carbocycles. The second-order valence-electron chi connectivity index (χ2n) is 4.59. The minimum atomic E-state index is -1.28. The van der Waals surface area contributed by atoms with Gasteiger partial charge in [-0.2, -0.15) is 0 Å². The third-order valence-electron chi connectivity index (χ3n) is 2.96. The lowest BCUT2D eigenvalue weighted by molar-refractivity contribution is 0.159. The summed E-state index contributed by atoms with van der Waals surface area (Å²) in [5, 5.41) is 12.8. The highest BCUT2D eigenvalue weighted by molar-refractivity contribution is 5.22. The number of aliphatic hydroxyl groups is 1. The Hall–Kier alpha value is -1.79. The zero-order valence-corrected chi connectivity index (χ0v) is 11.2. The van der Waals surface area contributed by atoms with E-state index in [1.165, 1.54) is 6.07 Å². The van der Waals surface area contributed by atoms with Crippen LogP contribution in [0.2, 0.25) is 0 Å². The first kappa shape index (κ1) is 14.6. The number of aromatic nitrogens is 1. The lowest BCUT2D eigenvalue weighted by Gasteiger charge is -2.16. The smallest absolute Gasteiger partial charge is 0.211 e. The summed E-state index contributed by atoms with van der Waals surface area (Å²) in [5.41, 5.74) is -0.337. The van der Waals surface area contributed by atoms with Crippen molar-refractivity contribution in [3.05, 3.63) is 53.2 Å². The predicted molar refractivity (Wildman–Crippen MR) is 69.0 cm³/mol. The molecule has 2 unspecified atom stereocenters. The van der Waals surface area contributed by atoms with Crippen LogP contribution in [0.1, 0.15) is 36.3 Å². The number of hydrogen-bond donors (Lipinski definition) is 2. The number of nitrogens with one attached hydrogen (secondary N) is 1. The highest BCUT2D eigenvalue weighted by atomic mass is 19.1. The van der Waals surface area contributed by atoms with Gasteiger partial charge in [0.15, 0.2) is 0 Å². The van der Waals surface area contributed by atoms with Crippen LogP contribution in [0.4, 0.5) is 8.78 Å². The first-order valence-electron chi connectivity index (χ1n) is 6.26. The summed E-state index contributed by atoms with van der Waals surface area (Å²) >= 11 is 0. The van der Waals surface area contributed by atoms with Gasteiger partial charge in [-0.25, -0.2) is 13.8 Å². The van der Waals surface area contributed by atoms with Crippen molar-refractivity contribution in [1.29, 1.82) is 0 Å². The molecule has 1 aromatic carbocycles. The Kier molecular flexibility index (Phi) is 4.46. The summed E-state index contributed by atoms with van der Waals surface area (Å²) in [6, 6.07) is 3.21. The average Bonchev–Trinajstić information content (AvgIpc) is 2.82. The second-order valence-corrected chi connectivity index (χ2v) is 4.59. The van der Waals surface area contributed by atoms with Gasteiger partial charge in [-0.1, -0.05) is 6.07 Å². The highest BCUT2D eigenvalue weighted by Gasteiger charge is 2.19. The second kappa shape index (κ2) is 6.11. The van der Waals surface area contributed by atoms with Crippen LogP contribution in [0.15, 0.2) is 28.8 Å². The van der Waals surface area contributed by atoms with Crippen molar-refractivity contribution in [2.75, 3.05) is 6.54 Å². The first-order chi connectivity index (χ1) is 9.49. The van der Waals surface area contributed by atoms with Gasteiger partial charge in [0.05, 0.1) is 23.9 Å². The van der Waals surface area contributed by atoms with Crippen molar-refractivity contribution in [1.82, 2.24) is 10.3 Å². The highest BCUT2D eigenvalue weighted by Crippen LogP contribution is 2.21. The number of nitrogens with zero attached hydrogens (tertiary/aromatic N) is 1. The van der Waals surface area contributed by atoms with Gasteiger partial charge in [0.25, 0.3) is 0 Å². The van der Waals surface area contributed by atoms with Crippen molar-refractivity contribution in [3.8, 4) is 0 Å².